The fourth-order valence-electron chi connectivity index (χ4n) is 2.00. The molecule has 0 saturated heterocycles. The first-order valence-corrected chi connectivity index (χ1v) is 6.91. The Labute approximate surface area is 121 Å². The van der Waals surface area contributed by atoms with E-state index >= 15 is 0 Å². The largest absolute Gasteiger partial charge is 0.377 e. The minimum atomic E-state index is -0.314. The number of aryl methyl sites for hydroxylation is 2. The lowest BCUT2D eigenvalue weighted by Gasteiger charge is -2.16. The summed E-state index contributed by atoms with van der Waals surface area (Å²) in [6, 6.07) is 7.32. The molecule has 0 amide bonds. The van der Waals surface area contributed by atoms with Crippen LogP contribution >= 0.6 is 15.9 Å². The van der Waals surface area contributed by atoms with Gasteiger partial charge in [0.1, 0.15) is 5.82 Å². The second-order valence-electron chi connectivity index (χ2n) is 4.69. The summed E-state index contributed by atoms with van der Waals surface area (Å²) in [5.41, 5.74) is 4.22. The number of pyridine rings is 1. The third kappa shape index (κ3) is 3.32. The van der Waals surface area contributed by atoms with Gasteiger partial charge in [0.15, 0.2) is 0 Å². The van der Waals surface area contributed by atoms with Crippen LogP contribution in [0.3, 0.4) is 0 Å². The van der Waals surface area contributed by atoms with Crippen molar-refractivity contribution < 1.29 is 4.39 Å². The van der Waals surface area contributed by atoms with Crippen LogP contribution in [0.4, 0.5) is 10.1 Å². The molecule has 19 heavy (non-hydrogen) atoms. The molecule has 1 heterocycles. The molecule has 0 aliphatic carbocycles. The molecule has 1 unspecified atom stereocenters. The lowest BCUT2D eigenvalue weighted by Crippen LogP contribution is -2.09. The van der Waals surface area contributed by atoms with E-state index in [1.807, 2.05) is 6.92 Å². The zero-order valence-electron chi connectivity index (χ0n) is 11.2. The van der Waals surface area contributed by atoms with Crippen LogP contribution in [0.2, 0.25) is 0 Å². The highest BCUT2D eigenvalue weighted by Gasteiger charge is 2.09. The summed E-state index contributed by atoms with van der Waals surface area (Å²) in [6.45, 7) is 6.12. The van der Waals surface area contributed by atoms with Crippen LogP contribution < -0.4 is 5.32 Å². The third-order valence-electron chi connectivity index (χ3n) is 3.01. The molecule has 0 fully saturated rings. The summed E-state index contributed by atoms with van der Waals surface area (Å²) >= 11 is 3.55. The van der Waals surface area contributed by atoms with Gasteiger partial charge in [0.05, 0.1) is 17.9 Å². The van der Waals surface area contributed by atoms with Gasteiger partial charge in [-0.3, -0.25) is 4.98 Å². The van der Waals surface area contributed by atoms with Crippen LogP contribution in [0.1, 0.15) is 29.8 Å². The van der Waals surface area contributed by atoms with E-state index in [2.05, 4.69) is 52.2 Å². The van der Waals surface area contributed by atoms with Crippen molar-refractivity contribution >= 4 is 21.6 Å². The zero-order valence-corrected chi connectivity index (χ0v) is 12.8. The van der Waals surface area contributed by atoms with E-state index < -0.39 is 0 Å². The molecule has 1 atom stereocenters. The zero-order chi connectivity index (χ0) is 14.0. The quantitative estimate of drug-likeness (QED) is 0.880. The van der Waals surface area contributed by atoms with Crippen LogP contribution in [-0.2, 0) is 0 Å². The highest BCUT2D eigenvalue weighted by atomic mass is 79.9. The molecular weight excluding hydrogens is 307 g/mol. The lowest BCUT2D eigenvalue weighted by molar-refractivity contribution is 0.617. The highest BCUT2D eigenvalue weighted by Crippen LogP contribution is 2.27. The van der Waals surface area contributed by atoms with Crippen molar-refractivity contribution in [2.45, 2.75) is 26.8 Å². The topological polar surface area (TPSA) is 24.9 Å². The maximum atomic E-state index is 12.8. The molecule has 1 N–H and O–H groups in total. The number of aromatic nitrogens is 1. The maximum absolute atomic E-state index is 12.8. The first-order valence-electron chi connectivity index (χ1n) is 6.12. The Balaban J connectivity index is 2.19. The molecule has 2 aromatic rings. The summed E-state index contributed by atoms with van der Waals surface area (Å²) in [6.07, 6.45) is 1.24. The standard InChI is InChI=1S/C15H16BrFN2/c1-9-6-13(7-10(2)15(9)16)19-11(3)14-5-4-12(17)8-18-14/h4-8,11,19H,1-3H3. The van der Waals surface area contributed by atoms with E-state index in [1.54, 1.807) is 6.07 Å². The molecule has 0 spiro atoms. The van der Waals surface area contributed by atoms with Gasteiger partial charge < -0.3 is 5.32 Å². The van der Waals surface area contributed by atoms with Gasteiger partial charge in [0, 0.05) is 10.2 Å². The van der Waals surface area contributed by atoms with Crippen molar-refractivity contribution in [2.75, 3.05) is 5.32 Å². The van der Waals surface area contributed by atoms with E-state index in [-0.39, 0.29) is 11.9 Å². The minimum Gasteiger partial charge on any atom is -0.377 e. The average Bonchev–Trinajstić information content (AvgIpc) is 2.36. The Morgan fingerprint density at radius 1 is 1.21 bits per heavy atom. The molecule has 1 aromatic heterocycles. The summed E-state index contributed by atoms with van der Waals surface area (Å²) < 4.78 is 14.0. The van der Waals surface area contributed by atoms with E-state index in [4.69, 9.17) is 0 Å². The molecule has 0 saturated carbocycles. The number of nitrogens with zero attached hydrogens (tertiary/aromatic N) is 1. The van der Waals surface area contributed by atoms with Crippen LogP contribution in [0.15, 0.2) is 34.9 Å². The molecule has 0 aliphatic rings. The Bertz CT molecular complexity index is 558. The summed E-state index contributed by atoms with van der Waals surface area (Å²) in [7, 11) is 0. The Hall–Kier alpha value is -1.42. The molecule has 0 bridgehead atoms. The van der Waals surface area contributed by atoms with Crippen LogP contribution in [0, 0.1) is 19.7 Å². The first kappa shape index (κ1) is 14.0. The van der Waals surface area contributed by atoms with Crippen molar-refractivity contribution in [3.8, 4) is 0 Å². The predicted molar refractivity (Wildman–Crippen MR) is 79.8 cm³/mol. The maximum Gasteiger partial charge on any atom is 0.141 e. The summed E-state index contributed by atoms with van der Waals surface area (Å²) in [4.78, 5) is 4.09. The number of nitrogens with one attached hydrogen (secondary N) is 1. The van der Waals surface area contributed by atoms with Gasteiger partial charge in [-0.05, 0) is 56.2 Å². The number of benzene rings is 1. The predicted octanol–water partition coefficient (Wildman–Crippen LogP) is 4.77. The van der Waals surface area contributed by atoms with Crippen molar-refractivity contribution in [3.05, 3.63) is 57.6 Å². The summed E-state index contributed by atoms with van der Waals surface area (Å²) in [5, 5.41) is 3.38. The van der Waals surface area contributed by atoms with Crippen LogP contribution in [0.25, 0.3) is 0 Å². The van der Waals surface area contributed by atoms with E-state index in [1.165, 1.54) is 23.4 Å². The third-order valence-corrected chi connectivity index (χ3v) is 4.26. The van der Waals surface area contributed by atoms with Gasteiger partial charge >= 0.3 is 0 Å². The lowest BCUT2D eigenvalue weighted by atomic mass is 10.1. The minimum absolute atomic E-state index is 0.0283. The smallest absolute Gasteiger partial charge is 0.141 e. The second-order valence-corrected chi connectivity index (χ2v) is 5.48. The molecule has 4 heteroatoms. The van der Waals surface area contributed by atoms with E-state index in [0.717, 1.165) is 15.9 Å². The molecule has 100 valence electrons. The number of rotatable bonds is 3. The fraction of sp³-hybridized carbons (Fsp3) is 0.267. The van der Waals surface area contributed by atoms with Crippen molar-refractivity contribution in [1.82, 2.24) is 4.98 Å². The van der Waals surface area contributed by atoms with Gasteiger partial charge in [0.25, 0.3) is 0 Å². The van der Waals surface area contributed by atoms with E-state index in [0.29, 0.717) is 0 Å². The second kappa shape index (κ2) is 5.70. The molecule has 0 aliphatic heterocycles. The normalized spacial score (nSPS) is 12.3. The van der Waals surface area contributed by atoms with Gasteiger partial charge in [0.2, 0.25) is 0 Å². The fourth-order valence-corrected chi connectivity index (χ4v) is 2.23. The van der Waals surface area contributed by atoms with E-state index in [9.17, 15) is 4.39 Å². The van der Waals surface area contributed by atoms with Gasteiger partial charge in [-0.25, -0.2) is 4.39 Å². The number of halogens is 2. The Morgan fingerprint density at radius 3 is 2.37 bits per heavy atom. The Kier molecular flexibility index (Phi) is 4.20. The molecule has 2 nitrogen and oxygen atoms in total. The van der Waals surface area contributed by atoms with Crippen molar-refractivity contribution in [1.29, 1.82) is 0 Å². The highest BCUT2D eigenvalue weighted by molar-refractivity contribution is 9.10. The van der Waals surface area contributed by atoms with Gasteiger partial charge in [-0.15, -0.1) is 0 Å². The number of anilines is 1. The Morgan fingerprint density at radius 2 is 1.84 bits per heavy atom. The van der Waals surface area contributed by atoms with Crippen molar-refractivity contribution in [3.63, 3.8) is 0 Å². The SMILES string of the molecule is Cc1cc(NC(C)c2ccc(F)cn2)cc(C)c1Br. The van der Waals surface area contributed by atoms with Crippen LogP contribution in [0.5, 0.6) is 0 Å². The molecule has 2 rings (SSSR count). The van der Waals surface area contributed by atoms with Gasteiger partial charge in [-0.1, -0.05) is 15.9 Å². The van der Waals surface area contributed by atoms with Gasteiger partial charge in [-0.2, -0.15) is 0 Å². The monoisotopic (exact) mass is 322 g/mol. The first-order chi connectivity index (χ1) is 8.97. The summed E-state index contributed by atoms with van der Waals surface area (Å²) in [5.74, 6) is -0.314. The van der Waals surface area contributed by atoms with Crippen molar-refractivity contribution in [2.24, 2.45) is 0 Å². The average molecular weight is 323 g/mol. The molecular formula is C15H16BrFN2. The number of hydrogen-bond acceptors (Lipinski definition) is 2. The molecule has 0 radical (unpaired) electrons. The number of hydrogen-bond donors (Lipinski definition) is 1. The van der Waals surface area contributed by atoms with Crippen LogP contribution in [-0.4, -0.2) is 4.98 Å². The molecule has 1 aromatic carbocycles.